The molecule has 0 aliphatic rings. The fourth-order valence-electron chi connectivity index (χ4n) is 1.96. The lowest BCUT2D eigenvalue weighted by atomic mass is 10.1. The fraction of sp³-hybridized carbons (Fsp3) is 0.467. The molecule has 0 aromatic heterocycles. The second kappa shape index (κ2) is 7.65. The Kier molecular flexibility index (Phi) is 6.18. The normalized spacial score (nSPS) is 11.9. The van der Waals surface area contributed by atoms with Gasteiger partial charge in [0.2, 0.25) is 0 Å². The molecule has 1 rings (SSSR count). The average molecular weight is 279 g/mol. The number of nitrogens with zero attached hydrogens (tertiary/aromatic N) is 1. The molecular weight excluding hydrogens is 258 g/mol. The van der Waals surface area contributed by atoms with Gasteiger partial charge in [-0.25, -0.2) is 0 Å². The molecule has 0 fully saturated rings. The Morgan fingerprint density at radius 2 is 2.00 bits per heavy atom. The van der Waals surface area contributed by atoms with Gasteiger partial charge >= 0.3 is 5.97 Å². The average Bonchev–Trinajstić information content (AvgIpc) is 2.44. The van der Waals surface area contributed by atoms with E-state index >= 15 is 0 Å². The number of methoxy groups -OCH3 is 1. The van der Waals surface area contributed by atoms with Gasteiger partial charge in [0.25, 0.3) is 5.91 Å². The van der Waals surface area contributed by atoms with E-state index < -0.39 is 11.9 Å². The Balaban J connectivity index is 3.09. The number of amides is 1. The minimum Gasteiger partial charge on any atom is -0.481 e. The number of anilines is 1. The molecule has 1 amide bonds. The van der Waals surface area contributed by atoms with Crippen LogP contribution in [0.1, 0.15) is 19.4 Å². The van der Waals surface area contributed by atoms with Crippen LogP contribution in [0.25, 0.3) is 0 Å². The molecule has 0 saturated carbocycles. The zero-order chi connectivity index (χ0) is 15.1. The van der Waals surface area contributed by atoms with Crippen molar-refractivity contribution in [1.29, 1.82) is 0 Å². The molecule has 0 heterocycles. The molecule has 0 saturated heterocycles. The van der Waals surface area contributed by atoms with Gasteiger partial charge in [-0.3, -0.25) is 9.59 Å². The van der Waals surface area contributed by atoms with Crippen LogP contribution >= 0.6 is 0 Å². The van der Waals surface area contributed by atoms with Crippen molar-refractivity contribution in [3.05, 3.63) is 29.8 Å². The van der Waals surface area contributed by atoms with E-state index in [1.165, 1.54) is 12.0 Å². The van der Waals surface area contributed by atoms with Gasteiger partial charge in [-0.1, -0.05) is 32.0 Å². The third kappa shape index (κ3) is 4.06. The summed E-state index contributed by atoms with van der Waals surface area (Å²) in [6.07, 6.45) is 0.772. The molecule has 0 bridgehead atoms. The fourth-order valence-corrected chi connectivity index (χ4v) is 1.96. The minimum atomic E-state index is -0.922. The number of carbonyl (C=O) groups is 2. The molecule has 0 spiro atoms. The summed E-state index contributed by atoms with van der Waals surface area (Å²) >= 11 is 0. The molecule has 20 heavy (non-hydrogen) atoms. The predicted octanol–water partition coefficient (Wildman–Crippen LogP) is 1.95. The smallest absolute Gasteiger partial charge is 0.308 e. The van der Waals surface area contributed by atoms with Gasteiger partial charge in [-0.2, -0.15) is 0 Å². The molecule has 0 aliphatic heterocycles. The molecule has 1 unspecified atom stereocenters. The van der Waals surface area contributed by atoms with Crippen molar-refractivity contribution in [2.45, 2.75) is 20.3 Å². The Bertz CT molecular complexity index is 473. The van der Waals surface area contributed by atoms with E-state index in [1.54, 1.807) is 6.92 Å². The third-order valence-corrected chi connectivity index (χ3v) is 3.11. The SMILES string of the molecule is CCc1ccccc1N(CC(C)C(=O)O)C(=O)COC. The van der Waals surface area contributed by atoms with Crippen molar-refractivity contribution in [3.8, 4) is 0 Å². The van der Waals surface area contributed by atoms with Crippen molar-refractivity contribution in [3.63, 3.8) is 0 Å². The molecule has 0 aliphatic carbocycles. The first-order valence-corrected chi connectivity index (χ1v) is 6.61. The lowest BCUT2D eigenvalue weighted by Gasteiger charge is -2.26. The third-order valence-electron chi connectivity index (χ3n) is 3.11. The molecule has 110 valence electrons. The summed E-state index contributed by atoms with van der Waals surface area (Å²) < 4.78 is 4.88. The van der Waals surface area contributed by atoms with Crippen molar-refractivity contribution >= 4 is 17.6 Å². The van der Waals surface area contributed by atoms with Crippen molar-refractivity contribution in [2.24, 2.45) is 5.92 Å². The summed E-state index contributed by atoms with van der Waals surface area (Å²) in [6, 6.07) is 7.52. The van der Waals surface area contributed by atoms with E-state index in [0.29, 0.717) is 0 Å². The number of hydrogen-bond acceptors (Lipinski definition) is 3. The Morgan fingerprint density at radius 3 is 2.55 bits per heavy atom. The largest absolute Gasteiger partial charge is 0.481 e. The standard InChI is InChI=1S/C15H21NO4/c1-4-12-7-5-6-8-13(12)16(14(17)10-20-3)9-11(2)15(18)19/h5-8,11H,4,9-10H2,1-3H3,(H,18,19). The highest BCUT2D eigenvalue weighted by molar-refractivity contribution is 5.95. The maximum Gasteiger partial charge on any atom is 0.308 e. The van der Waals surface area contributed by atoms with Gasteiger partial charge in [-0.15, -0.1) is 0 Å². The van der Waals surface area contributed by atoms with E-state index in [2.05, 4.69) is 0 Å². The molecule has 1 N–H and O–H groups in total. The Labute approximate surface area is 119 Å². The van der Waals surface area contributed by atoms with Gasteiger partial charge in [-0.05, 0) is 18.1 Å². The summed E-state index contributed by atoms with van der Waals surface area (Å²) in [5, 5.41) is 9.05. The van der Waals surface area contributed by atoms with Gasteiger partial charge in [0.05, 0.1) is 5.92 Å². The highest BCUT2D eigenvalue weighted by atomic mass is 16.5. The second-order valence-corrected chi connectivity index (χ2v) is 4.66. The van der Waals surface area contributed by atoms with Gasteiger partial charge in [0.1, 0.15) is 6.61 Å². The highest BCUT2D eigenvalue weighted by Gasteiger charge is 2.23. The van der Waals surface area contributed by atoms with E-state index in [1.807, 2.05) is 31.2 Å². The Morgan fingerprint density at radius 1 is 1.35 bits per heavy atom. The molecule has 1 aromatic carbocycles. The predicted molar refractivity (Wildman–Crippen MR) is 76.8 cm³/mol. The number of rotatable bonds is 7. The van der Waals surface area contributed by atoms with Crippen molar-refractivity contribution < 1.29 is 19.4 Å². The number of hydrogen-bond donors (Lipinski definition) is 1. The molecule has 0 radical (unpaired) electrons. The number of carbonyl (C=O) groups excluding carboxylic acids is 1. The quantitative estimate of drug-likeness (QED) is 0.828. The summed E-state index contributed by atoms with van der Waals surface area (Å²) in [6.45, 7) is 3.65. The van der Waals surface area contributed by atoms with Crippen LogP contribution < -0.4 is 4.90 Å². The number of aliphatic carboxylic acids is 1. The maximum absolute atomic E-state index is 12.2. The van der Waals surface area contributed by atoms with E-state index in [-0.39, 0.29) is 19.1 Å². The summed E-state index contributed by atoms with van der Waals surface area (Å²) in [5.74, 6) is -1.79. The van der Waals surface area contributed by atoms with Crippen LogP contribution in [0.4, 0.5) is 5.69 Å². The number of ether oxygens (including phenoxy) is 1. The van der Waals surface area contributed by atoms with Gasteiger partial charge < -0.3 is 14.7 Å². The first kappa shape index (κ1) is 16.2. The summed E-state index contributed by atoms with van der Waals surface area (Å²) in [7, 11) is 1.45. The number of benzene rings is 1. The van der Waals surface area contributed by atoms with Crippen LogP contribution in [0, 0.1) is 5.92 Å². The van der Waals surface area contributed by atoms with Crippen LogP contribution in [0.3, 0.4) is 0 Å². The Hall–Kier alpha value is -1.88. The first-order chi connectivity index (χ1) is 9.51. The maximum atomic E-state index is 12.2. The molecule has 5 heteroatoms. The van der Waals surface area contributed by atoms with Crippen molar-refractivity contribution in [2.75, 3.05) is 25.2 Å². The van der Waals surface area contributed by atoms with Crippen molar-refractivity contribution in [1.82, 2.24) is 0 Å². The van der Waals surface area contributed by atoms with E-state index in [9.17, 15) is 9.59 Å². The zero-order valence-corrected chi connectivity index (χ0v) is 12.1. The first-order valence-electron chi connectivity index (χ1n) is 6.61. The molecule has 1 aromatic rings. The van der Waals surface area contributed by atoms with Crippen LogP contribution in [0.15, 0.2) is 24.3 Å². The van der Waals surface area contributed by atoms with Crippen LogP contribution in [0.2, 0.25) is 0 Å². The minimum absolute atomic E-state index is 0.0651. The lowest BCUT2D eigenvalue weighted by molar-refractivity contribution is -0.140. The second-order valence-electron chi connectivity index (χ2n) is 4.66. The lowest BCUT2D eigenvalue weighted by Crippen LogP contribution is -2.39. The topological polar surface area (TPSA) is 66.8 Å². The van der Waals surface area contributed by atoms with Gasteiger partial charge in [0.15, 0.2) is 0 Å². The highest BCUT2D eigenvalue weighted by Crippen LogP contribution is 2.22. The van der Waals surface area contributed by atoms with Gasteiger partial charge in [0, 0.05) is 19.3 Å². The van der Waals surface area contributed by atoms with Crippen LogP contribution in [-0.2, 0) is 20.7 Å². The monoisotopic (exact) mass is 279 g/mol. The number of para-hydroxylation sites is 1. The summed E-state index contributed by atoms with van der Waals surface area (Å²) in [4.78, 5) is 24.7. The number of carboxylic acid groups (broad SMARTS) is 1. The molecule has 5 nitrogen and oxygen atoms in total. The summed E-state index contributed by atoms with van der Waals surface area (Å²) in [5.41, 5.74) is 1.76. The van der Waals surface area contributed by atoms with Crippen LogP contribution in [-0.4, -0.2) is 37.2 Å². The van der Waals surface area contributed by atoms with E-state index in [4.69, 9.17) is 9.84 Å². The zero-order valence-electron chi connectivity index (χ0n) is 12.1. The molecule has 1 atom stereocenters. The van der Waals surface area contributed by atoms with E-state index in [0.717, 1.165) is 17.7 Å². The van der Waals surface area contributed by atoms with Crippen LogP contribution in [0.5, 0.6) is 0 Å². The molecular formula is C15H21NO4. The number of aryl methyl sites for hydroxylation is 1. The number of carboxylic acids is 1.